The van der Waals surface area contributed by atoms with E-state index in [0.717, 1.165) is 51.2 Å². The molecule has 138 valence electrons. The molecule has 0 bridgehead atoms. The van der Waals surface area contributed by atoms with Crippen molar-refractivity contribution in [3.63, 3.8) is 0 Å². The van der Waals surface area contributed by atoms with Crippen LogP contribution in [0, 0.1) is 6.92 Å². The summed E-state index contributed by atoms with van der Waals surface area (Å²) in [6.07, 6.45) is 3.04. The second-order valence-corrected chi connectivity index (χ2v) is 6.28. The van der Waals surface area contributed by atoms with Crippen molar-refractivity contribution in [2.45, 2.75) is 33.1 Å². The van der Waals surface area contributed by atoms with E-state index in [1.165, 1.54) is 11.1 Å². The molecule has 1 amide bonds. The summed E-state index contributed by atoms with van der Waals surface area (Å²) in [6.45, 7) is 7.51. The third-order valence-electron chi connectivity index (χ3n) is 4.30. The smallest absolute Gasteiger partial charge is 0.244 e. The Hall–Kier alpha value is -2.24. The van der Waals surface area contributed by atoms with Crippen LogP contribution in [0.1, 0.15) is 30.9 Å². The number of likely N-dealkylation sites (tertiary alicyclic amines) is 1. The number of carbonyl (C=O) groups excluding carboxylic acids is 1. The molecule has 1 aromatic rings. The molecule has 6 nitrogen and oxygen atoms in total. The quantitative estimate of drug-likeness (QED) is 0.583. The van der Waals surface area contributed by atoms with Crippen LogP contribution < -0.4 is 15.4 Å². The Morgan fingerprint density at radius 1 is 1.28 bits per heavy atom. The van der Waals surface area contributed by atoms with Crippen LogP contribution >= 0.6 is 0 Å². The van der Waals surface area contributed by atoms with Gasteiger partial charge < -0.3 is 20.3 Å². The lowest BCUT2D eigenvalue weighted by atomic mass is 10.1. The first-order valence-electron chi connectivity index (χ1n) is 9.07. The zero-order chi connectivity index (χ0) is 18.1. The fourth-order valence-corrected chi connectivity index (χ4v) is 2.97. The van der Waals surface area contributed by atoms with Crippen molar-refractivity contribution in [3.05, 3.63) is 29.3 Å². The number of hydrogen-bond donors (Lipinski definition) is 2. The number of hydrogen-bond acceptors (Lipinski definition) is 3. The number of ether oxygens (including phenoxy) is 1. The normalized spacial score (nSPS) is 14.5. The Labute approximate surface area is 150 Å². The fraction of sp³-hybridized carbons (Fsp3) is 0.579. The molecule has 2 N–H and O–H groups in total. The molecule has 25 heavy (non-hydrogen) atoms. The number of benzene rings is 1. The van der Waals surface area contributed by atoms with Crippen molar-refractivity contribution in [1.29, 1.82) is 0 Å². The monoisotopic (exact) mass is 346 g/mol. The standard InChI is InChI=1S/C19H30N4O2/c1-4-20-19(22-14-18(24)23-11-5-6-12-23)21-10-9-16-13-15(2)7-8-17(16)25-3/h7-8,13H,4-6,9-12,14H2,1-3H3,(H2,20,21,22). The van der Waals surface area contributed by atoms with E-state index in [0.29, 0.717) is 5.96 Å². The summed E-state index contributed by atoms with van der Waals surface area (Å²) in [5.41, 5.74) is 2.38. The molecule has 0 aliphatic carbocycles. The molecular formula is C19H30N4O2. The predicted molar refractivity (Wildman–Crippen MR) is 101 cm³/mol. The molecule has 2 rings (SSSR count). The molecular weight excluding hydrogens is 316 g/mol. The summed E-state index contributed by atoms with van der Waals surface area (Å²) < 4.78 is 5.42. The minimum atomic E-state index is 0.107. The molecule has 1 aliphatic heterocycles. The van der Waals surface area contributed by atoms with Gasteiger partial charge in [-0.25, -0.2) is 4.99 Å². The molecule has 1 aliphatic rings. The molecule has 0 spiro atoms. The Morgan fingerprint density at radius 2 is 2.04 bits per heavy atom. The summed E-state index contributed by atoms with van der Waals surface area (Å²) in [6, 6.07) is 6.19. The van der Waals surface area contributed by atoms with Gasteiger partial charge in [-0.3, -0.25) is 4.79 Å². The Kier molecular flexibility index (Phi) is 7.57. The lowest BCUT2D eigenvalue weighted by molar-refractivity contribution is -0.128. The number of aliphatic imine (C=N–C) groups is 1. The van der Waals surface area contributed by atoms with E-state index in [1.54, 1.807) is 7.11 Å². The zero-order valence-corrected chi connectivity index (χ0v) is 15.6. The molecule has 6 heteroatoms. The predicted octanol–water partition coefficient (Wildman–Crippen LogP) is 1.72. The molecule has 0 radical (unpaired) electrons. The number of guanidine groups is 1. The van der Waals surface area contributed by atoms with Gasteiger partial charge in [0.2, 0.25) is 5.91 Å². The van der Waals surface area contributed by atoms with Gasteiger partial charge in [-0.05, 0) is 44.7 Å². The highest BCUT2D eigenvalue weighted by atomic mass is 16.5. The fourth-order valence-electron chi connectivity index (χ4n) is 2.97. The number of methoxy groups -OCH3 is 1. The van der Waals surface area contributed by atoms with E-state index >= 15 is 0 Å². The largest absolute Gasteiger partial charge is 0.496 e. The van der Waals surface area contributed by atoms with Gasteiger partial charge >= 0.3 is 0 Å². The summed E-state index contributed by atoms with van der Waals surface area (Å²) in [4.78, 5) is 18.4. The van der Waals surface area contributed by atoms with Gasteiger partial charge in [-0.15, -0.1) is 0 Å². The average Bonchev–Trinajstić information content (AvgIpc) is 3.14. The van der Waals surface area contributed by atoms with Crippen molar-refractivity contribution < 1.29 is 9.53 Å². The Bertz CT molecular complexity index is 595. The van der Waals surface area contributed by atoms with Crippen LogP contribution in [0.2, 0.25) is 0 Å². The van der Waals surface area contributed by atoms with E-state index in [1.807, 2.05) is 24.0 Å². The highest BCUT2D eigenvalue weighted by Crippen LogP contribution is 2.19. The minimum Gasteiger partial charge on any atom is -0.496 e. The topological polar surface area (TPSA) is 66.0 Å². The average molecular weight is 346 g/mol. The van der Waals surface area contributed by atoms with Crippen LogP contribution in [0.25, 0.3) is 0 Å². The highest BCUT2D eigenvalue weighted by molar-refractivity contribution is 5.85. The van der Waals surface area contributed by atoms with Gasteiger partial charge in [0.15, 0.2) is 5.96 Å². The van der Waals surface area contributed by atoms with Crippen molar-refractivity contribution in [2.75, 3.05) is 39.8 Å². The van der Waals surface area contributed by atoms with Crippen LogP contribution in [0.4, 0.5) is 0 Å². The van der Waals surface area contributed by atoms with E-state index in [9.17, 15) is 4.79 Å². The highest BCUT2D eigenvalue weighted by Gasteiger charge is 2.17. The number of nitrogens with zero attached hydrogens (tertiary/aromatic N) is 2. The zero-order valence-electron chi connectivity index (χ0n) is 15.6. The number of aryl methyl sites for hydroxylation is 1. The van der Waals surface area contributed by atoms with E-state index in [2.05, 4.69) is 28.6 Å². The first kappa shape index (κ1) is 19.1. The number of rotatable bonds is 7. The van der Waals surface area contributed by atoms with Crippen LogP contribution in [-0.4, -0.2) is 56.6 Å². The number of carbonyl (C=O) groups is 1. The molecule has 1 fully saturated rings. The van der Waals surface area contributed by atoms with Crippen LogP contribution in [0.15, 0.2) is 23.2 Å². The van der Waals surface area contributed by atoms with Gasteiger partial charge in [-0.1, -0.05) is 17.7 Å². The van der Waals surface area contributed by atoms with E-state index in [4.69, 9.17) is 4.74 Å². The van der Waals surface area contributed by atoms with Gasteiger partial charge in [0.25, 0.3) is 0 Å². The number of nitrogens with one attached hydrogen (secondary N) is 2. The summed E-state index contributed by atoms with van der Waals surface area (Å²) in [5, 5.41) is 6.49. The maximum Gasteiger partial charge on any atom is 0.244 e. The SMILES string of the molecule is CCNC(=NCC(=O)N1CCCC1)NCCc1cc(C)ccc1OC. The van der Waals surface area contributed by atoms with E-state index < -0.39 is 0 Å². The second kappa shape index (κ2) is 9.91. The second-order valence-electron chi connectivity index (χ2n) is 6.28. The first-order chi connectivity index (χ1) is 12.1. The molecule has 0 saturated carbocycles. The third kappa shape index (κ3) is 5.96. The molecule has 1 heterocycles. The maximum absolute atomic E-state index is 12.1. The van der Waals surface area contributed by atoms with Gasteiger partial charge in [-0.2, -0.15) is 0 Å². The van der Waals surface area contributed by atoms with Crippen LogP contribution in [0.3, 0.4) is 0 Å². The minimum absolute atomic E-state index is 0.107. The van der Waals surface area contributed by atoms with Crippen LogP contribution in [-0.2, 0) is 11.2 Å². The lowest BCUT2D eigenvalue weighted by Crippen LogP contribution is -2.39. The molecule has 1 aromatic carbocycles. The number of amides is 1. The summed E-state index contributed by atoms with van der Waals surface area (Å²) in [5.74, 6) is 1.69. The van der Waals surface area contributed by atoms with Gasteiger partial charge in [0, 0.05) is 26.2 Å². The molecule has 0 atom stereocenters. The third-order valence-corrected chi connectivity index (χ3v) is 4.30. The lowest BCUT2D eigenvalue weighted by Gasteiger charge is -2.15. The van der Waals surface area contributed by atoms with Gasteiger partial charge in [0.1, 0.15) is 12.3 Å². The van der Waals surface area contributed by atoms with Crippen LogP contribution in [0.5, 0.6) is 5.75 Å². The Morgan fingerprint density at radius 3 is 2.72 bits per heavy atom. The van der Waals surface area contributed by atoms with Crippen molar-refractivity contribution in [1.82, 2.24) is 15.5 Å². The van der Waals surface area contributed by atoms with Crippen molar-refractivity contribution in [2.24, 2.45) is 4.99 Å². The Balaban J connectivity index is 1.87. The van der Waals surface area contributed by atoms with Crippen molar-refractivity contribution >= 4 is 11.9 Å². The molecule has 0 aromatic heterocycles. The van der Waals surface area contributed by atoms with Crippen molar-refractivity contribution in [3.8, 4) is 5.75 Å². The molecule has 1 saturated heterocycles. The maximum atomic E-state index is 12.1. The first-order valence-corrected chi connectivity index (χ1v) is 9.07. The summed E-state index contributed by atoms with van der Waals surface area (Å²) >= 11 is 0. The summed E-state index contributed by atoms with van der Waals surface area (Å²) in [7, 11) is 1.69. The van der Waals surface area contributed by atoms with Gasteiger partial charge in [0.05, 0.1) is 7.11 Å². The molecule has 0 unspecified atom stereocenters. The van der Waals surface area contributed by atoms with E-state index in [-0.39, 0.29) is 12.5 Å².